The molecule has 2 heterocycles. The molecule has 0 saturated heterocycles. The van der Waals surface area contributed by atoms with Gasteiger partial charge in [-0.2, -0.15) is 0 Å². The molecule has 0 unspecified atom stereocenters. The number of aliphatic imine (C=N–C) groups is 1. The summed E-state index contributed by atoms with van der Waals surface area (Å²) in [5, 5.41) is 9.21. The number of nitrogens with zero attached hydrogens (tertiary/aromatic N) is 2. The maximum Gasteiger partial charge on any atom is 0.191 e. The van der Waals surface area contributed by atoms with Crippen molar-refractivity contribution < 1.29 is 0 Å². The van der Waals surface area contributed by atoms with E-state index in [4.69, 9.17) is 4.99 Å². The fourth-order valence-electron chi connectivity index (χ4n) is 3.45. The van der Waals surface area contributed by atoms with Gasteiger partial charge in [0.15, 0.2) is 5.96 Å². The Bertz CT molecular complexity index is 1090. The van der Waals surface area contributed by atoms with Gasteiger partial charge < -0.3 is 15.6 Å². The molecule has 0 aliphatic heterocycles. The van der Waals surface area contributed by atoms with Crippen molar-refractivity contribution in [1.29, 1.82) is 0 Å². The molecule has 0 saturated carbocycles. The van der Waals surface area contributed by atoms with E-state index in [1.165, 1.54) is 16.5 Å². The number of guanidine groups is 1. The summed E-state index contributed by atoms with van der Waals surface area (Å²) in [6.45, 7) is 4.32. The van der Waals surface area contributed by atoms with Crippen LogP contribution in [0.5, 0.6) is 0 Å². The van der Waals surface area contributed by atoms with Crippen LogP contribution in [0.25, 0.3) is 21.8 Å². The molecular formula is C23H25N5. The predicted octanol–water partition coefficient (Wildman–Crippen LogP) is 4.01. The van der Waals surface area contributed by atoms with Crippen molar-refractivity contribution in [3.05, 3.63) is 78.1 Å². The quantitative estimate of drug-likeness (QED) is 0.354. The van der Waals surface area contributed by atoms with Crippen molar-refractivity contribution in [3.63, 3.8) is 0 Å². The molecule has 0 fully saturated rings. The van der Waals surface area contributed by atoms with Gasteiger partial charge in [-0.1, -0.05) is 42.5 Å². The lowest BCUT2D eigenvalue weighted by molar-refractivity contribution is 0.802. The maximum absolute atomic E-state index is 4.76. The molecule has 28 heavy (non-hydrogen) atoms. The van der Waals surface area contributed by atoms with Crippen molar-refractivity contribution >= 4 is 27.8 Å². The molecular weight excluding hydrogens is 346 g/mol. The van der Waals surface area contributed by atoms with E-state index in [0.29, 0.717) is 6.54 Å². The molecule has 2 aromatic heterocycles. The van der Waals surface area contributed by atoms with Crippen molar-refractivity contribution in [3.8, 4) is 0 Å². The Morgan fingerprint density at radius 3 is 2.82 bits per heavy atom. The first-order chi connectivity index (χ1) is 13.8. The Balaban J connectivity index is 1.43. The fourth-order valence-corrected chi connectivity index (χ4v) is 3.45. The van der Waals surface area contributed by atoms with Crippen LogP contribution in [0.15, 0.2) is 72.0 Å². The number of benzene rings is 2. The normalized spacial score (nSPS) is 11.8. The highest BCUT2D eigenvalue weighted by Gasteiger charge is 2.05. The number of pyridine rings is 1. The number of hydrogen-bond donors (Lipinski definition) is 3. The zero-order valence-electron chi connectivity index (χ0n) is 16.1. The number of aromatic amines is 1. The van der Waals surface area contributed by atoms with Crippen LogP contribution in [0.4, 0.5) is 0 Å². The third-order valence-electron chi connectivity index (χ3n) is 4.83. The molecule has 4 aromatic rings. The maximum atomic E-state index is 4.76. The van der Waals surface area contributed by atoms with Crippen molar-refractivity contribution in [2.45, 2.75) is 19.9 Å². The van der Waals surface area contributed by atoms with Gasteiger partial charge in [0.2, 0.25) is 0 Å². The van der Waals surface area contributed by atoms with Gasteiger partial charge in [-0.3, -0.25) is 4.98 Å². The third kappa shape index (κ3) is 3.98. The summed E-state index contributed by atoms with van der Waals surface area (Å²) in [5.41, 5.74) is 4.65. The number of hydrogen-bond acceptors (Lipinski definition) is 2. The van der Waals surface area contributed by atoms with Crippen LogP contribution in [-0.4, -0.2) is 29.0 Å². The number of nitrogens with one attached hydrogen (secondary N) is 3. The van der Waals surface area contributed by atoms with Gasteiger partial charge in [-0.05, 0) is 36.6 Å². The van der Waals surface area contributed by atoms with Gasteiger partial charge in [-0.25, -0.2) is 4.99 Å². The lowest BCUT2D eigenvalue weighted by Gasteiger charge is -2.11. The molecule has 3 N–H and O–H groups in total. The second kappa shape index (κ2) is 8.57. The Morgan fingerprint density at radius 2 is 1.89 bits per heavy atom. The first-order valence-corrected chi connectivity index (χ1v) is 9.75. The van der Waals surface area contributed by atoms with E-state index >= 15 is 0 Å². The molecule has 0 bridgehead atoms. The molecule has 0 aliphatic rings. The highest BCUT2D eigenvalue weighted by Crippen LogP contribution is 2.18. The minimum absolute atomic E-state index is 0.594. The summed E-state index contributed by atoms with van der Waals surface area (Å²) < 4.78 is 0. The Kier molecular flexibility index (Phi) is 5.52. The second-order valence-electron chi connectivity index (χ2n) is 6.72. The predicted molar refractivity (Wildman–Crippen MR) is 117 cm³/mol. The topological polar surface area (TPSA) is 65.1 Å². The number of H-pyrrole nitrogens is 1. The minimum Gasteiger partial charge on any atom is -0.361 e. The standard InChI is InChI=1S/C23H25N5/c1-2-24-23(26-14-12-18-15-27-21-11-4-3-10-20(18)21)28-16-19-8-5-7-17-9-6-13-25-22(17)19/h3-11,13,15,27H,2,12,14,16H2,1H3,(H2,24,26,28). The Morgan fingerprint density at radius 1 is 1.00 bits per heavy atom. The van der Waals surface area contributed by atoms with Crippen LogP contribution in [0.2, 0.25) is 0 Å². The van der Waals surface area contributed by atoms with E-state index in [9.17, 15) is 0 Å². The Hall–Kier alpha value is -3.34. The van der Waals surface area contributed by atoms with Crippen LogP contribution in [0, 0.1) is 0 Å². The molecule has 0 amide bonds. The van der Waals surface area contributed by atoms with Gasteiger partial charge >= 0.3 is 0 Å². The van der Waals surface area contributed by atoms with Gasteiger partial charge in [0.1, 0.15) is 0 Å². The zero-order chi connectivity index (χ0) is 19.2. The zero-order valence-corrected chi connectivity index (χ0v) is 16.1. The molecule has 0 spiro atoms. The van der Waals surface area contributed by atoms with Gasteiger partial charge in [0, 0.05) is 41.8 Å². The van der Waals surface area contributed by atoms with E-state index in [1.807, 2.05) is 12.3 Å². The highest BCUT2D eigenvalue weighted by molar-refractivity contribution is 5.84. The molecule has 5 nitrogen and oxygen atoms in total. The third-order valence-corrected chi connectivity index (χ3v) is 4.83. The summed E-state index contributed by atoms with van der Waals surface area (Å²) in [6.07, 6.45) is 4.86. The van der Waals surface area contributed by atoms with Gasteiger partial charge in [-0.15, -0.1) is 0 Å². The van der Waals surface area contributed by atoms with Crippen LogP contribution in [0.3, 0.4) is 0 Å². The first kappa shape index (κ1) is 18.0. The van der Waals surface area contributed by atoms with Crippen LogP contribution >= 0.6 is 0 Å². The number of para-hydroxylation sites is 2. The van der Waals surface area contributed by atoms with Crippen LogP contribution < -0.4 is 10.6 Å². The largest absolute Gasteiger partial charge is 0.361 e. The van der Waals surface area contributed by atoms with Crippen molar-refractivity contribution in [2.24, 2.45) is 4.99 Å². The monoisotopic (exact) mass is 371 g/mol. The molecule has 5 heteroatoms. The summed E-state index contributed by atoms with van der Waals surface area (Å²) in [6, 6.07) is 18.7. The molecule has 4 rings (SSSR count). The average molecular weight is 371 g/mol. The first-order valence-electron chi connectivity index (χ1n) is 9.75. The lowest BCUT2D eigenvalue weighted by Crippen LogP contribution is -2.38. The number of fused-ring (bicyclic) bond motifs is 2. The Labute approximate surface area is 164 Å². The summed E-state index contributed by atoms with van der Waals surface area (Å²) >= 11 is 0. The summed E-state index contributed by atoms with van der Waals surface area (Å²) in [4.78, 5) is 12.6. The number of aromatic nitrogens is 2. The SMILES string of the molecule is CCNC(=NCc1cccc2cccnc12)NCCc1c[nH]c2ccccc12. The second-order valence-corrected chi connectivity index (χ2v) is 6.72. The van der Waals surface area contributed by atoms with E-state index in [-0.39, 0.29) is 0 Å². The lowest BCUT2D eigenvalue weighted by atomic mass is 10.1. The van der Waals surface area contributed by atoms with Crippen molar-refractivity contribution in [2.75, 3.05) is 13.1 Å². The van der Waals surface area contributed by atoms with Crippen molar-refractivity contribution in [1.82, 2.24) is 20.6 Å². The highest BCUT2D eigenvalue weighted by atomic mass is 15.2. The molecule has 0 aliphatic carbocycles. The van der Waals surface area contributed by atoms with Crippen LogP contribution in [0.1, 0.15) is 18.1 Å². The molecule has 0 radical (unpaired) electrons. The van der Waals surface area contributed by atoms with E-state index in [2.05, 4.69) is 82.3 Å². The molecule has 2 aromatic carbocycles. The molecule has 142 valence electrons. The van der Waals surface area contributed by atoms with E-state index < -0.39 is 0 Å². The van der Waals surface area contributed by atoms with Gasteiger partial charge in [0.25, 0.3) is 0 Å². The number of rotatable bonds is 6. The summed E-state index contributed by atoms with van der Waals surface area (Å²) in [5.74, 6) is 0.829. The fraction of sp³-hybridized carbons (Fsp3) is 0.217. The minimum atomic E-state index is 0.594. The summed E-state index contributed by atoms with van der Waals surface area (Å²) in [7, 11) is 0. The van der Waals surface area contributed by atoms with E-state index in [0.717, 1.165) is 41.9 Å². The van der Waals surface area contributed by atoms with E-state index in [1.54, 1.807) is 0 Å². The smallest absolute Gasteiger partial charge is 0.191 e. The molecule has 0 atom stereocenters. The van der Waals surface area contributed by atoms with Gasteiger partial charge in [0.05, 0.1) is 12.1 Å². The average Bonchev–Trinajstić information content (AvgIpc) is 3.15. The van der Waals surface area contributed by atoms with Crippen LogP contribution in [-0.2, 0) is 13.0 Å².